The van der Waals surface area contributed by atoms with Crippen molar-refractivity contribution >= 4 is 28.6 Å². The van der Waals surface area contributed by atoms with E-state index in [9.17, 15) is 18.0 Å². The van der Waals surface area contributed by atoms with Gasteiger partial charge in [0.1, 0.15) is 6.73 Å². The van der Waals surface area contributed by atoms with Crippen molar-refractivity contribution in [2.24, 2.45) is 0 Å². The number of thiophene rings is 1. The Morgan fingerprint density at radius 3 is 2.75 bits per heavy atom. The molecule has 0 aliphatic rings. The molecule has 4 rings (SSSR count). The van der Waals surface area contributed by atoms with Crippen LogP contribution in [0.1, 0.15) is 34.9 Å². The molecule has 0 saturated carbocycles. The Balaban J connectivity index is 1.67. The van der Waals surface area contributed by atoms with Gasteiger partial charge in [-0.15, -0.1) is 11.3 Å². The summed E-state index contributed by atoms with van der Waals surface area (Å²) in [6.45, 7) is 4.52. The second-order valence-electron chi connectivity index (χ2n) is 6.79. The van der Waals surface area contributed by atoms with Crippen LogP contribution in [-0.2, 0) is 24.1 Å². The van der Waals surface area contributed by atoms with Crippen molar-refractivity contribution in [1.82, 2.24) is 24.4 Å². The van der Waals surface area contributed by atoms with Gasteiger partial charge in [0.25, 0.3) is 5.91 Å². The molecule has 168 valence electrons. The lowest BCUT2D eigenvalue weighted by Gasteiger charge is -2.10. The van der Waals surface area contributed by atoms with Gasteiger partial charge in [-0.2, -0.15) is 23.4 Å². The largest absolute Gasteiger partial charge is 0.433 e. The van der Waals surface area contributed by atoms with E-state index in [1.807, 2.05) is 19.9 Å². The summed E-state index contributed by atoms with van der Waals surface area (Å²) in [6, 6.07) is 5.78. The molecular formula is C20H19F3N6O2S. The van der Waals surface area contributed by atoms with Crippen LogP contribution in [0.5, 0.6) is 0 Å². The third kappa shape index (κ3) is 4.50. The lowest BCUT2D eigenvalue weighted by atomic mass is 10.2. The van der Waals surface area contributed by atoms with Crippen molar-refractivity contribution in [3.05, 3.63) is 52.9 Å². The molecule has 0 aliphatic heterocycles. The van der Waals surface area contributed by atoms with Gasteiger partial charge in [-0.25, -0.2) is 14.2 Å². The Morgan fingerprint density at radius 1 is 1.25 bits per heavy atom. The molecule has 8 nitrogen and oxygen atoms in total. The van der Waals surface area contributed by atoms with E-state index in [-0.39, 0.29) is 23.8 Å². The molecule has 12 heteroatoms. The summed E-state index contributed by atoms with van der Waals surface area (Å²) >= 11 is 1.38. The van der Waals surface area contributed by atoms with E-state index in [2.05, 4.69) is 20.5 Å². The molecule has 0 bridgehead atoms. The highest BCUT2D eigenvalue weighted by molar-refractivity contribution is 7.15. The van der Waals surface area contributed by atoms with Gasteiger partial charge in [0.15, 0.2) is 17.0 Å². The predicted octanol–water partition coefficient (Wildman–Crippen LogP) is 4.48. The number of fused-ring (bicyclic) bond motifs is 1. The average Bonchev–Trinajstić information content (AvgIpc) is 3.49. The Morgan fingerprint density at radius 2 is 2.06 bits per heavy atom. The van der Waals surface area contributed by atoms with E-state index in [0.717, 1.165) is 17.4 Å². The number of alkyl halides is 3. The normalized spacial score (nSPS) is 11.9. The van der Waals surface area contributed by atoms with Gasteiger partial charge in [-0.05, 0) is 31.5 Å². The van der Waals surface area contributed by atoms with Gasteiger partial charge in [0, 0.05) is 17.6 Å². The summed E-state index contributed by atoms with van der Waals surface area (Å²) in [7, 11) is 0. The lowest BCUT2D eigenvalue weighted by molar-refractivity contribution is -0.142. The van der Waals surface area contributed by atoms with E-state index < -0.39 is 17.8 Å². The molecule has 32 heavy (non-hydrogen) atoms. The fraction of sp³-hybridized carbons (Fsp3) is 0.300. The summed E-state index contributed by atoms with van der Waals surface area (Å²) in [5.74, 6) is -0.675. The number of hydrogen-bond acceptors (Lipinski definition) is 6. The zero-order valence-corrected chi connectivity index (χ0v) is 18.0. The van der Waals surface area contributed by atoms with Crippen molar-refractivity contribution in [2.75, 3.05) is 11.9 Å². The molecule has 0 spiro atoms. The van der Waals surface area contributed by atoms with E-state index in [4.69, 9.17) is 4.74 Å². The highest BCUT2D eigenvalue weighted by Gasteiger charge is 2.35. The van der Waals surface area contributed by atoms with Crippen molar-refractivity contribution in [3.8, 4) is 10.6 Å². The van der Waals surface area contributed by atoms with E-state index in [1.165, 1.54) is 28.3 Å². The highest BCUT2D eigenvalue weighted by Crippen LogP contribution is 2.34. The monoisotopic (exact) mass is 464 g/mol. The van der Waals surface area contributed by atoms with Crippen molar-refractivity contribution in [3.63, 3.8) is 0 Å². The number of ether oxygens (including phenoxy) is 1. The van der Waals surface area contributed by atoms with Crippen LogP contribution < -0.4 is 5.32 Å². The van der Waals surface area contributed by atoms with Crippen molar-refractivity contribution < 1.29 is 22.7 Å². The zero-order valence-electron chi connectivity index (χ0n) is 17.2. The number of halogens is 3. The topological polar surface area (TPSA) is 86.3 Å². The third-order valence-corrected chi connectivity index (χ3v) is 5.78. The fourth-order valence-corrected chi connectivity index (χ4v) is 3.91. The molecule has 0 radical (unpaired) electrons. The standard InChI is InChI=1S/C20H19F3N6O2S/c1-3-13-5-6-16(32-13)14-7-17(20(21,22)23)29-18(26-14)8-15(27-29)19(30)25-12-9-24-28(10-12)11-31-4-2/h5-10H,3-4,11H2,1-2H3,(H,25,30). The van der Waals surface area contributed by atoms with Crippen LogP contribution >= 0.6 is 11.3 Å². The van der Waals surface area contributed by atoms with Crippen LogP contribution in [0.25, 0.3) is 16.2 Å². The summed E-state index contributed by atoms with van der Waals surface area (Å²) < 4.78 is 48.6. The van der Waals surface area contributed by atoms with E-state index in [0.29, 0.717) is 21.7 Å². The second-order valence-corrected chi connectivity index (χ2v) is 7.96. The number of carbonyl (C=O) groups is 1. The first-order valence-electron chi connectivity index (χ1n) is 9.77. The molecule has 0 saturated heterocycles. The van der Waals surface area contributed by atoms with Gasteiger partial charge in [-0.3, -0.25) is 4.79 Å². The van der Waals surface area contributed by atoms with Gasteiger partial charge < -0.3 is 10.1 Å². The van der Waals surface area contributed by atoms with Gasteiger partial charge >= 0.3 is 6.18 Å². The molecule has 1 amide bonds. The maximum atomic E-state index is 13.7. The summed E-state index contributed by atoms with van der Waals surface area (Å²) in [4.78, 5) is 18.6. The van der Waals surface area contributed by atoms with Crippen molar-refractivity contribution in [1.29, 1.82) is 0 Å². The van der Waals surface area contributed by atoms with E-state index in [1.54, 1.807) is 12.3 Å². The highest BCUT2D eigenvalue weighted by atomic mass is 32.1. The predicted molar refractivity (Wildman–Crippen MR) is 112 cm³/mol. The minimum absolute atomic E-state index is 0.0709. The molecule has 0 aliphatic carbocycles. The maximum Gasteiger partial charge on any atom is 0.433 e. The summed E-state index contributed by atoms with van der Waals surface area (Å²) in [6.07, 6.45) is -0.951. The number of aryl methyl sites for hydroxylation is 1. The maximum absolute atomic E-state index is 13.7. The first kappa shape index (κ1) is 22.0. The number of hydrogen-bond donors (Lipinski definition) is 1. The number of anilines is 1. The van der Waals surface area contributed by atoms with Crippen LogP contribution in [0.2, 0.25) is 0 Å². The van der Waals surface area contributed by atoms with Crippen LogP contribution in [0.3, 0.4) is 0 Å². The molecule has 0 aromatic carbocycles. The van der Waals surface area contributed by atoms with Gasteiger partial charge in [0.05, 0.1) is 28.7 Å². The SMILES string of the molecule is CCOCn1cc(NC(=O)c2cc3nc(-c4ccc(CC)s4)cc(C(F)(F)F)n3n2)cn1. The first-order valence-corrected chi connectivity index (χ1v) is 10.6. The van der Waals surface area contributed by atoms with Crippen molar-refractivity contribution in [2.45, 2.75) is 33.2 Å². The number of carbonyl (C=O) groups excluding carboxylic acids is 1. The minimum atomic E-state index is -4.68. The second kappa shape index (κ2) is 8.71. The van der Waals surface area contributed by atoms with Crippen LogP contribution in [0.15, 0.2) is 36.7 Å². The lowest BCUT2D eigenvalue weighted by Crippen LogP contribution is -2.15. The zero-order chi connectivity index (χ0) is 22.9. The third-order valence-electron chi connectivity index (χ3n) is 4.53. The van der Waals surface area contributed by atoms with Crippen LogP contribution in [-0.4, -0.2) is 36.9 Å². The molecule has 0 unspecified atom stereocenters. The molecule has 4 aromatic heterocycles. The molecule has 0 fully saturated rings. The number of aromatic nitrogens is 5. The molecule has 4 aromatic rings. The number of nitrogens with one attached hydrogen (secondary N) is 1. The summed E-state index contributed by atoms with van der Waals surface area (Å²) in [5, 5.41) is 10.5. The summed E-state index contributed by atoms with van der Waals surface area (Å²) in [5.41, 5.74) is -0.732. The Labute approximate surface area is 184 Å². The molecule has 0 atom stereocenters. The average molecular weight is 464 g/mol. The van der Waals surface area contributed by atoms with Crippen LogP contribution in [0.4, 0.5) is 18.9 Å². The minimum Gasteiger partial charge on any atom is -0.360 e. The first-order chi connectivity index (χ1) is 15.3. The fourth-order valence-electron chi connectivity index (χ4n) is 3.00. The number of rotatable bonds is 7. The number of nitrogens with zero attached hydrogens (tertiary/aromatic N) is 5. The Hall–Kier alpha value is -3.25. The Bertz CT molecular complexity index is 1260. The van der Waals surface area contributed by atoms with Crippen LogP contribution in [0, 0.1) is 0 Å². The van der Waals surface area contributed by atoms with Gasteiger partial charge in [-0.1, -0.05) is 6.92 Å². The number of amides is 1. The van der Waals surface area contributed by atoms with Gasteiger partial charge in [0.2, 0.25) is 0 Å². The molecule has 4 heterocycles. The Kier molecular flexibility index (Phi) is 5.98. The van der Waals surface area contributed by atoms with E-state index >= 15 is 0 Å². The molecular weight excluding hydrogens is 445 g/mol. The quantitative estimate of drug-likeness (QED) is 0.436. The smallest absolute Gasteiger partial charge is 0.360 e. The molecule has 1 N–H and O–H groups in total.